The Morgan fingerprint density at radius 1 is 1.14 bits per heavy atom. The first-order valence-electron chi connectivity index (χ1n) is 7.49. The fraction of sp³-hybridized carbons (Fsp3) is 0.533. The predicted octanol–water partition coefficient (Wildman–Crippen LogP) is 2.63. The van der Waals surface area contributed by atoms with E-state index < -0.39 is 10.0 Å². The fourth-order valence-corrected chi connectivity index (χ4v) is 4.78. The molecule has 0 unspecified atom stereocenters. The van der Waals surface area contributed by atoms with Crippen molar-refractivity contribution in [1.82, 2.24) is 13.7 Å². The van der Waals surface area contributed by atoms with Gasteiger partial charge in [0.25, 0.3) is 10.0 Å². The van der Waals surface area contributed by atoms with Crippen LogP contribution in [-0.2, 0) is 10.0 Å². The number of nitrogens with zero attached hydrogens (tertiary/aromatic N) is 3. The van der Waals surface area contributed by atoms with Gasteiger partial charge in [-0.2, -0.15) is 4.31 Å². The van der Waals surface area contributed by atoms with Crippen LogP contribution in [0.5, 0.6) is 0 Å². The molecule has 1 aliphatic rings. The van der Waals surface area contributed by atoms with Crippen molar-refractivity contribution in [3.63, 3.8) is 0 Å². The van der Waals surface area contributed by atoms with Gasteiger partial charge in [0.05, 0.1) is 5.69 Å². The molecule has 0 radical (unpaired) electrons. The average Bonchev–Trinajstić information content (AvgIpc) is 2.88. The molecule has 1 saturated heterocycles. The van der Waals surface area contributed by atoms with E-state index in [-0.39, 0.29) is 5.92 Å². The molecule has 0 aliphatic carbocycles. The molecule has 21 heavy (non-hydrogen) atoms. The number of hydrogen-bond acceptors (Lipinski definition) is 3. The molecule has 0 aromatic carbocycles. The molecular weight excluding hydrogens is 286 g/mol. The first-order chi connectivity index (χ1) is 10.0. The summed E-state index contributed by atoms with van der Waals surface area (Å²) in [5.41, 5.74) is 1.35. The third-order valence-electron chi connectivity index (χ3n) is 3.96. The Bertz CT molecular complexity index is 743. The van der Waals surface area contributed by atoms with Gasteiger partial charge >= 0.3 is 0 Å². The minimum atomic E-state index is -3.49. The second kappa shape index (κ2) is 5.42. The molecule has 5 nitrogen and oxygen atoms in total. The highest BCUT2D eigenvalue weighted by molar-refractivity contribution is 7.89. The van der Waals surface area contributed by atoms with E-state index in [9.17, 15) is 8.42 Å². The maximum absolute atomic E-state index is 13.1. The first-order valence-corrected chi connectivity index (χ1v) is 8.93. The second-order valence-electron chi connectivity index (χ2n) is 5.85. The van der Waals surface area contributed by atoms with Gasteiger partial charge in [-0.05, 0) is 30.9 Å². The summed E-state index contributed by atoms with van der Waals surface area (Å²) < 4.78 is 29.4. The molecule has 0 amide bonds. The second-order valence-corrected chi connectivity index (χ2v) is 7.70. The van der Waals surface area contributed by atoms with Crippen LogP contribution in [0.1, 0.15) is 44.7 Å². The lowest BCUT2D eigenvalue weighted by atomic mass is 10.2. The van der Waals surface area contributed by atoms with Gasteiger partial charge in [0.1, 0.15) is 5.65 Å². The zero-order chi connectivity index (χ0) is 15.0. The summed E-state index contributed by atoms with van der Waals surface area (Å²) in [5, 5.41) is 0.343. The van der Waals surface area contributed by atoms with Gasteiger partial charge in [0.2, 0.25) is 0 Å². The van der Waals surface area contributed by atoms with E-state index in [1.54, 1.807) is 14.9 Å². The first kappa shape index (κ1) is 14.5. The van der Waals surface area contributed by atoms with E-state index in [4.69, 9.17) is 0 Å². The number of sulfonamides is 1. The van der Waals surface area contributed by atoms with Gasteiger partial charge in [-0.1, -0.05) is 26.3 Å². The van der Waals surface area contributed by atoms with Crippen LogP contribution >= 0.6 is 0 Å². The third-order valence-corrected chi connectivity index (χ3v) is 5.90. The molecule has 0 atom stereocenters. The van der Waals surface area contributed by atoms with Gasteiger partial charge in [-0.3, -0.25) is 4.40 Å². The molecule has 1 fully saturated rings. The number of rotatable bonds is 3. The summed E-state index contributed by atoms with van der Waals surface area (Å²) in [6.45, 7) is 5.19. The van der Waals surface area contributed by atoms with Crippen molar-refractivity contribution in [3.8, 4) is 0 Å². The molecule has 2 aromatic rings. The molecular formula is C15H21N3O2S. The van der Waals surface area contributed by atoms with Crippen molar-refractivity contribution in [2.24, 2.45) is 0 Å². The van der Waals surface area contributed by atoms with Crippen molar-refractivity contribution < 1.29 is 8.42 Å². The summed E-state index contributed by atoms with van der Waals surface area (Å²) in [7, 11) is -3.49. The Morgan fingerprint density at radius 2 is 1.86 bits per heavy atom. The topological polar surface area (TPSA) is 54.7 Å². The molecule has 0 bridgehead atoms. The van der Waals surface area contributed by atoms with Crippen LogP contribution in [0.4, 0.5) is 0 Å². The molecule has 0 spiro atoms. The number of fused-ring (bicyclic) bond motifs is 1. The predicted molar refractivity (Wildman–Crippen MR) is 81.9 cm³/mol. The largest absolute Gasteiger partial charge is 0.289 e. The summed E-state index contributed by atoms with van der Waals surface area (Å²) in [6.07, 6.45) is 4.77. The standard InChI is InChI=1S/C15H21N3O2S/c1-12(2)14-15(18-11-7-4-8-13(18)16-14)21(19,20)17-9-5-3-6-10-17/h4,7-8,11-12H,3,5-6,9-10H2,1-2H3. The van der Waals surface area contributed by atoms with Crippen LogP contribution in [0, 0.1) is 0 Å². The molecule has 3 heterocycles. The molecule has 3 rings (SSSR count). The van der Waals surface area contributed by atoms with Gasteiger partial charge in [-0.25, -0.2) is 13.4 Å². The highest BCUT2D eigenvalue weighted by Gasteiger charge is 2.32. The van der Waals surface area contributed by atoms with Crippen LogP contribution < -0.4 is 0 Å². The van der Waals surface area contributed by atoms with Crippen LogP contribution in [0.25, 0.3) is 5.65 Å². The average molecular weight is 307 g/mol. The van der Waals surface area contributed by atoms with Crippen molar-refractivity contribution in [2.75, 3.05) is 13.1 Å². The van der Waals surface area contributed by atoms with E-state index in [1.807, 2.05) is 32.0 Å². The molecule has 1 aliphatic heterocycles. The van der Waals surface area contributed by atoms with Crippen LogP contribution in [0.2, 0.25) is 0 Å². The molecule has 6 heteroatoms. The smallest absolute Gasteiger partial charge is 0.260 e. The van der Waals surface area contributed by atoms with Gasteiger partial charge in [0.15, 0.2) is 5.03 Å². The van der Waals surface area contributed by atoms with Gasteiger partial charge in [0, 0.05) is 19.3 Å². The number of hydrogen-bond donors (Lipinski definition) is 0. The lowest BCUT2D eigenvalue weighted by Gasteiger charge is -2.26. The maximum Gasteiger partial charge on any atom is 0.260 e. The minimum absolute atomic E-state index is 0.0689. The third kappa shape index (κ3) is 2.46. The maximum atomic E-state index is 13.1. The quantitative estimate of drug-likeness (QED) is 0.876. The number of pyridine rings is 1. The van der Waals surface area contributed by atoms with E-state index >= 15 is 0 Å². The SMILES string of the molecule is CC(C)c1nc2ccccn2c1S(=O)(=O)N1CCCCC1. The van der Waals surface area contributed by atoms with Crippen molar-refractivity contribution in [1.29, 1.82) is 0 Å². The monoisotopic (exact) mass is 307 g/mol. The minimum Gasteiger partial charge on any atom is -0.289 e. The van der Waals surface area contributed by atoms with Gasteiger partial charge < -0.3 is 0 Å². The van der Waals surface area contributed by atoms with E-state index in [0.717, 1.165) is 19.3 Å². The van der Waals surface area contributed by atoms with E-state index in [2.05, 4.69) is 4.98 Å². The van der Waals surface area contributed by atoms with Crippen molar-refractivity contribution in [3.05, 3.63) is 30.1 Å². The summed E-state index contributed by atoms with van der Waals surface area (Å²) in [4.78, 5) is 4.53. The Labute approximate surface area is 125 Å². The van der Waals surface area contributed by atoms with Crippen LogP contribution in [0.15, 0.2) is 29.4 Å². The van der Waals surface area contributed by atoms with Crippen LogP contribution in [-0.4, -0.2) is 35.2 Å². The summed E-state index contributed by atoms with van der Waals surface area (Å²) in [6, 6.07) is 5.57. The number of imidazole rings is 1. The molecule has 114 valence electrons. The van der Waals surface area contributed by atoms with Crippen molar-refractivity contribution >= 4 is 15.7 Å². The highest BCUT2D eigenvalue weighted by Crippen LogP contribution is 2.28. The fourth-order valence-electron chi connectivity index (χ4n) is 2.85. The lowest BCUT2D eigenvalue weighted by molar-refractivity contribution is 0.344. The molecule has 2 aromatic heterocycles. The van der Waals surface area contributed by atoms with Crippen molar-refractivity contribution in [2.45, 2.75) is 44.1 Å². The zero-order valence-corrected chi connectivity index (χ0v) is 13.3. The highest BCUT2D eigenvalue weighted by atomic mass is 32.2. The Kier molecular flexibility index (Phi) is 3.75. The Hall–Kier alpha value is -1.40. The number of aromatic nitrogens is 2. The number of piperidine rings is 1. The summed E-state index contributed by atoms with van der Waals surface area (Å²) >= 11 is 0. The lowest BCUT2D eigenvalue weighted by Crippen LogP contribution is -2.36. The van der Waals surface area contributed by atoms with E-state index in [1.165, 1.54) is 0 Å². The molecule has 0 N–H and O–H groups in total. The van der Waals surface area contributed by atoms with Crippen LogP contribution in [0.3, 0.4) is 0 Å². The zero-order valence-electron chi connectivity index (χ0n) is 12.5. The molecule has 0 saturated carbocycles. The van der Waals surface area contributed by atoms with E-state index in [0.29, 0.717) is 29.5 Å². The Morgan fingerprint density at radius 3 is 2.52 bits per heavy atom. The van der Waals surface area contributed by atoms with Gasteiger partial charge in [-0.15, -0.1) is 0 Å². The normalized spacial score (nSPS) is 17.7. The Balaban J connectivity index is 2.20. The summed E-state index contributed by atoms with van der Waals surface area (Å²) in [5.74, 6) is 0.0689.